The molecule has 2 aromatic rings. The molecule has 37 heavy (non-hydrogen) atoms. The number of piperidine rings is 1. The molecular formula is C24H32ClN3O7S2. The van der Waals surface area contributed by atoms with Crippen molar-refractivity contribution in [3.63, 3.8) is 0 Å². The Morgan fingerprint density at radius 1 is 1.14 bits per heavy atom. The molecule has 0 amide bonds. The second-order valence-electron chi connectivity index (χ2n) is 9.31. The second kappa shape index (κ2) is 11.5. The van der Waals surface area contributed by atoms with Gasteiger partial charge in [0, 0.05) is 36.8 Å². The van der Waals surface area contributed by atoms with Crippen LogP contribution in [-0.4, -0.2) is 83.9 Å². The van der Waals surface area contributed by atoms with E-state index in [4.69, 9.17) is 21.1 Å². The maximum Gasteiger partial charge on any atom is 0.243 e. The molecule has 2 aliphatic rings. The van der Waals surface area contributed by atoms with E-state index in [9.17, 15) is 21.9 Å². The van der Waals surface area contributed by atoms with Gasteiger partial charge in [-0.25, -0.2) is 21.6 Å². The Morgan fingerprint density at radius 2 is 1.84 bits per heavy atom. The molecule has 2 unspecified atom stereocenters. The number of nitrogens with zero attached hydrogens (tertiary/aromatic N) is 1. The molecule has 0 saturated carbocycles. The van der Waals surface area contributed by atoms with Gasteiger partial charge < -0.3 is 19.9 Å². The maximum atomic E-state index is 12.9. The third kappa shape index (κ3) is 6.82. The Hall–Kier alpha value is -1.77. The highest BCUT2D eigenvalue weighted by Crippen LogP contribution is 2.37. The molecule has 13 heteroatoms. The summed E-state index contributed by atoms with van der Waals surface area (Å²) in [5.41, 5.74) is -0.385. The first kappa shape index (κ1) is 28.2. The van der Waals surface area contributed by atoms with Gasteiger partial charge in [0.2, 0.25) is 20.0 Å². The fraction of sp³-hybridized carbons (Fsp3) is 0.500. The van der Waals surface area contributed by atoms with Gasteiger partial charge >= 0.3 is 0 Å². The fourth-order valence-corrected chi connectivity index (χ4v) is 6.95. The highest BCUT2D eigenvalue weighted by atomic mass is 35.5. The van der Waals surface area contributed by atoms with Gasteiger partial charge in [-0.15, -0.1) is 0 Å². The van der Waals surface area contributed by atoms with Gasteiger partial charge in [0.15, 0.2) is 0 Å². The number of hydrogen-bond donors (Lipinski definition) is 3. The van der Waals surface area contributed by atoms with Crippen molar-refractivity contribution < 1.29 is 31.4 Å². The first-order valence-electron chi connectivity index (χ1n) is 12.0. The fourth-order valence-electron chi connectivity index (χ4n) is 4.62. The molecular weight excluding hydrogens is 542 g/mol. The Kier molecular flexibility index (Phi) is 8.81. The van der Waals surface area contributed by atoms with Crippen molar-refractivity contribution in [1.29, 1.82) is 0 Å². The number of nitrogens with one attached hydrogen (secondary N) is 2. The smallest absolute Gasteiger partial charge is 0.243 e. The van der Waals surface area contributed by atoms with Crippen molar-refractivity contribution in [3.8, 4) is 5.75 Å². The van der Waals surface area contributed by atoms with Gasteiger partial charge in [-0.1, -0.05) is 17.7 Å². The van der Waals surface area contributed by atoms with E-state index in [1.54, 1.807) is 24.3 Å². The number of aliphatic hydroxyl groups excluding tert-OH is 1. The van der Waals surface area contributed by atoms with E-state index in [0.717, 1.165) is 6.42 Å². The Labute approximate surface area is 223 Å². The molecule has 2 heterocycles. The second-order valence-corrected chi connectivity index (χ2v) is 13.6. The lowest BCUT2D eigenvalue weighted by Crippen LogP contribution is -2.47. The number of ether oxygens (including phenoxy) is 2. The molecule has 2 atom stereocenters. The number of halogens is 1. The summed E-state index contributed by atoms with van der Waals surface area (Å²) in [6, 6.07) is 12.3. The summed E-state index contributed by atoms with van der Waals surface area (Å²) in [6.07, 6.45) is 1.09. The van der Waals surface area contributed by atoms with Crippen LogP contribution in [0.15, 0.2) is 58.3 Å². The minimum atomic E-state index is -3.58. The lowest BCUT2D eigenvalue weighted by molar-refractivity contribution is -0.0312. The molecule has 10 nitrogen and oxygen atoms in total. The molecule has 0 aromatic heterocycles. The van der Waals surface area contributed by atoms with Gasteiger partial charge in [0.1, 0.15) is 18.5 Å². The summed E-state index contributed by atoms with van der Waals surface area (Å²) in [6.45, 7) is 1.48. The maximum absolute atomic E-state index is 12.9. The first-order chi connectivity index (χ1) is 17.5. The van der Waals surface area contributed by atoms with Crippen molar-refractivity contribution in [2.75, 3.05) is 39.9 Å². The average molecular weight is 574 g/mol. The topological polar surface area (TPSA) is 134 Å². The average Bonchev–Trinajstić information content (AvgIpc) is 3.29. The predicted octanol–water partition coefficient (Wildman–Crippen LogP) is 1.59. The van der Waals surface area contributed by atoms with Crippen LogP contribution in [-0.2, 0) is 24.8 Å². The zero-order chi connectivity index (χ0) is 26.7. The molecule has 1 spiro atoms. The van der Waals surface area contributed by atoms with E-state index in [-0.39, 0.29) is 34.6 Å². The molecule has 3 N–H and O–H groups in total. The van der Waals surface area contributed by atoms with E-state index in [2.05, 4.69) is 10.0 Å². The molecule has 0 aliphatic carbocycles. The van der Waals surface area contributed by atoms with Crippen molar-refractivity contribution in [2.24, 2.45) is 0 Å². The first-order valence-corrected chi connectivity index (χ1v) is 15.3. The number of benzene rings is 2. The molecule has 2 aliphatic heterocycles. The van der Waals surface area contributed by atoms with Crippen LogP contribution < -0.4 is 14.8 Å². The minimum absolute atomic E-state index is 0.00765. The van der Waals surface area contributed by atoms with Crippen molar-refractivity contribution in [2.45, 2.75) is 46.8 Å². The third-order valence-electron chi connectivity index (χ3n) is 6.76. The van der Waals surface area contributed by atoms with E-state index in [1.165, 1.54) is 35.6 Å². The molecule has 204 valence electrons. The zero-order valence-corrected chi connectivity index (χ0v) is 22.9. The van der Waals surface area contributed by atoms with Crippen molar-refractivity contribution in [3.05, 3.63) is 53.6 Å². The van der Waals surface area contributed by atoms with Crippen LogP contribution in [0.4, 0.5) is 0 Å². The summed E-state index contributed by atoms with van der Waals surface area (Å²) >= 11 is 5.88. The molecule has 0 bridgehead atoms. The SMILES string of the molecule is CNS(=O)(=O)c1cccc(OCC(O)CNC2COC3(CCN(S(=O)(=O)c4ccc(Cl)cc4)CC3)C2)c1. The monoisotopic (exact) mass is 573 g/mol. The van der Waals surface area contributed by atoms with E-state index in [0.29, 0.717) is 43.3 Å². The number of rotatable bonds is 10. The summed E-state index contributed by atoms with van der Waals surface area (Å²) in [4.78, 5) is 0.312. The van der Waals surface area contributed by atoms with Gasteiger partial charge in [-0.05, 0) is 62.7 Å². The highest BCUT2D eigenvalue weighted by molar-refractivity contribution is 7.89. The number of hydrogen-bond acceptors (Lipinski definition) is 8. The summed E-state index contributed by atoms with van der Waals surface area (Å²) in [5.74, 6) is 0.346. The van der Waals surface area contributed by atoms with Crippen LogP contribution in [0.25, 0.3) is 0 Å². The van der Waals surface area contributed by atoms with Gasteiger partial charge in [-0.3, -0.25) is 0 Å². The van der Waals surface area contributed by atoms with Gasteiger partial charge in [0.25, 0.3) is 0 Å². The van der Waals surface area contributed by atoms with E-state index >= 15 is 0 Å². The zero-order valence-electron chi connectivity index (χ0n) is 20.5. The minimum Gasteiger partial charge on any atom is -0.491 e. The highest BCUT2D eigenvalue weighted by Gasteiger charge is 2.44. The molecule has 2 aromatic carbocycles. The van der Waals surface area contributed by atoms with Crippen LogP contribution in [0.3, 0.4) is 0 Å². The van der Waals surface area contributed by atoms with Crippen LogP contribution in [0.5, 0.6) is 5.75 Å². The summed E-state index contributed by atoms with van der Waals surface area (Å²) in [5, 5.41) is 14.1. The Bertz CT molecular complexity index is 1280. The lowest BCUT2D eigenvalue weighted by Gasteiger charge is -2.38. The summed E-state index contributed by atoms with van der Waals surface area (Å²) < 4.78 is 65.2. The quantitative estimate of drug-likeness (QED) is 0.390. The van der Waals surface area contributed by atoms with Gasteiger partial charge in [0.05, 0.1) is 22.0 Å². The normalized spacial score (nSPS) is 21.2. The van der Waals surface area contributed by atoms with Crippen molar-refractivity contribution in [1.82, 2.24) is 14.3 Å². The lowest BCUT2D eigenvalue weighted by atomic mass is 9.88. The van der Waals surface area contributed by atoms with Crippen LogP contribution in [0.1, 0.15) is 19.3 Å². The third-order valence-corrected chi connectivity index (χ3v) is 10.3. The Morgan fingerprint density at radius 3 is 2.51 bits per heavy atom. The van der Waals surface area contributed by atoms with Gasteiger partial charge in [-0.2, -0.15) is 4.31 Å². The molecule has 2 fully saturated rings. The van der Waals surface area contributed by atoms with Crippen LogP contribution in [0, 0.1) is 0 Å². The predicted molar refractivity (Wildman–Crippen MR) is 139 cm³/mol. The standard InChI is InChI=1S/C24H32ClN3O7S2/c1-26-36(30,31)23-4-2-3-21(13-23)34-17-20(29)15-27-19-14-24(35-16-19)9-11-28(12-10-24)37(32,33)22-7-5-18(25)6-8-22/h2-8,13,19-20,26-27,29H,9-12,14-17H2,1H3. The molecule has 2 saturated heterocycles. The van der Waals surface area contributed by atoms with Crippen LogP contribution >= 0.6 is 11.6 Å². The molecule has 4 rings (SSSR count). The van der Waals surface area contributed by atoms with E-state index in [1.807, 2.05) is 0 Å². The number of aliphatic hydroxyl groups is 1. The van der Waals surface area contributed by atoms with Crippen LogP contribution in [0.2, 0.25) is 5.02 Å². The molecule has 0 radical (unpaired) electrons. The largest absolute Gasteiger partial charge is 0.491 e. The Balaban J connectivity index is 1.22. The number of sulfonamides is 2. The van der Waals surface area contributed by atoms with Crippen molar-refractivity contribution >= 4 is 31.6 Å². The van der Waals surface area contributed by atoms with E-state index < -0.39 is 26.2 Å². The summed E-state index contributed by atoms with van der Waals surface area (Å²) in [7, 11) is -5.83.